The summed E-state index contributed by atoms with van der Waals surface area (Å²) in [5.41, 5.74) is 24.5. The zero-order valence-electron chi connectivity index (χ0n) is 44.8. The molecule has 0 spiro atoms. The molecule has 1 aromatic heterocycles. The molecule has 12 aromatic rings. The zero-order valence-corrected chi connectivity index (χ0v) is 45.6. The van der Waals surface area contributed by atoms with Gasteiger partial charge in [-0.05, 0) is 153 Å². The van der Waals surface area contributed by atoms with Crippen LogP contribution < -0.4 is 52.4 Å². The summed E-state index contributed by atoms with van der Waals surface area (Å²) in [6.07, 6.45) is 0. The number of para-hydroxylation sites is 6. The normalized spacial score (nSPS) is 13.2. The van der Waals surface area contributed by atoms with E-state index in [-0.39, 0.29) is 13.4 Å². The minimum atomic E-state index is -0.146. The molecule has 0 saturated carbocycles. The number of thiophene rings is 1. The van der Waals surface area contributed by atoms with Crippen LogP contribution in [0.25, 0.3) is 20.2 Å². The van der Waals surface area contributed by atoms with Gasteiger partial charge in [-0.15, -0.1) is 11.3 Å². The molecular weight excluding hydrogens is 975 g/mol. The number of hydrogen-bond donors (Lipinski definition) is 0. The summed E-state index contributed by atoms with van der Waals surface area (Å²) in [4.78, 5) is 10.1. The van der Waals surface area contributed by atoms with Gasteiger partial charge < -0.3 is 19.6 Å². The molecule has 11 aromatic carbocycles. The molecule has 0 amide bonds. The fraction of sp³-hybridized carbons (Fsp3) is 0.0833. The van der Waals surface area contributed by atoms with Gasteiger partial charge in [-0.1, -0.05) is 191 Å². The van der Waals surface area contributed by atoms with E-state index in [1.807, 2.05) is 11.3 Å². The van der Waals surface area contributed by atoms with Gasteiger partial charge in [0.2, 0.25) is 6.71 Å². The van der Waals surface area contributed by atoms with E-state index in [0.717, 1.165) is 45.5 Å². The van der Waals surface area contributed by atoms with Crippen molar-refractivity contribution in [2.75, 3.05) is 19.6 Å². The Morgan fingerprint density at radius 3 is 1.30 bits per heavy atom. The Bertz CT molecular complexity index is 4230. The van der Waals surface area contributed by atoms with Crippen LogP contribution in [-0.4, -0.2) is 13.4 Å². The van der Waals surface area contributed by atoms with Gasteiger partial charge in [-0.3, -0.25) is 0 Å². The number of hydrogen-bond acceptors (Lipinski definition) is 5. The smallest absolute Gasteiger partial charge is 0.252 e. The first-order chi connectivity index (χ1) is 38.9. The third-order valence-corrected chi connectivity index (χ3v) is 17.9. The largest absolute Gasteiger partial charge is 0.311 e. The van der Waals surface area contributed by atoms with Crippen molar-refractivity contribution in [2.45, 2.75) is 39.5 Å². The van der Waals surface area contributed by atoms with E-state index < -0.39 is 0 Å². The first-order valence-electron chi connectivity index (χ1n) is 27.9. The van der Waals surface area contributed by atoms with Gasteiger partial charge in [0, 0.05) is 77.3 Å². The van der Waals surface area contributed by atoms with E-state index in [1.165, 1.54) is 86.8 Å². The Kier molecular flexibility index (Phi) is 11.3. The van der Waals surface area contributed by atoms with E-state index in [0.29, 0.717) is 11.8 Å². The quantitative estimate of drug-likeness (QED) is 0.134. The van der Waals surface area contributed by atoms with Crippen LogP contribution in [0.1, 0.15) is 50.7 Å². The van der Waals surface area contributed by atoms with Crippen molar-refractivity contribution >= 4 is 146 Å². The average molecular weight is 1030 g/mol. The van der Waals surface area contributed by atoms with Crippen molar-refractivity contribution in [3.8, 4) is 0 Å². The Morgan fingerprint density at radius 1 is 0.316 bits per heavy atom. The lowest BCUT2D eigenvalue weighted by Gasteiger charge is -2.46. The summed E-state index contributed by atoms with van der Waals surface area (Å²) < 4.78 is 2.58. The SMILES string of the molecule is CC(C)c1cccc(C(C)C)c1B1c2ccccc2N(c2ccccc2)c2cc3c(cc21)B1c2cc4c(cc2N(c2ccccc2)c2cc(N(c5ccccc5)c5ccccc5)cc(c21)N3c1ccccc1)sc1ccccc14. The number of rotatable bonds is 9. The van der Waals surface area contributed by atoms with Gasteiger partial charge in [0.25, 0.3) is 6.71 Å². The first-order valence-corrected chi connectivity index (χ1v) is 28.7. The van der Waals surface area contributed by atoms with Crippen LogP contribution in [0.3, 0.4) is 0 Å². The molecule has 3 aliphatic heterocycles. The highest BCUT2D eigenvalue weighted by atomic mass is 32.1. The van der Waals surface area contributed by atoms with Gasteiger partial charge in [0.05, 0.1) is 5.69 Å². The standard InChI is InChI=1S/C72H56B2N4S/c1-47(2)55-36-24-37-56(48(3)4)71(55)73-59-38-21-22-39-63(59)76(51-29-14-7-15-30-51)64-45-65-62(44-61(64)73)74-60-43-58-57-35-20-23-40-69(57)79-70(58)46-66(60)78(53-33-18-9-19-34-53)68-42-54(41-67(72(68)74)77(65)52-31-16-8-17-32-52)75(49-25-10-5-11-26-49)50-27-12-6-13-28-50/h5-48H,1-4H3. The molecule has 0 atom stereocenters. The summed E-state index contributed by atoms with van der Waals surface area (Å²) in [7, 11) is 0. The number of fused-ring (bicyclic) bond motifs is 9. The maximum absolute atomic E-state index is 2.67. The summed E-state index contributed by atoms with van der Waals surface area (Å²) in [6.45, 7) is 9.29. The molecule has 3 aliphatic rings. The Balaban J connectivity index is 1.12. The summed E-state index contributed by atoms with van der Waals surface area (Å²) in [5, 5.41) is 2.60. The van der Waals surface area contributed by atoms with Crippen molar-refractivity contribution in [3.63, 3.8) is 0 Å². The Hall–Kier alpha value is -9.03. The van der Waals surface area contributed by atoms with E-state index in [9.17, 15) is 0 Å². The fourth-order valence-corrected chi connectivity index (χ4v) is 14.6. The van der Waals surface area contributed by atoms with Crippen LogP contribution in [0.15, 0.2) is 255 Å². The van der Waals surface area contributed by atoms with Crippen LogP contribution in [0.2, 0.25) is 0 Å². The molecular formula is C72H56B2N4S. The van der Waals surface area contributed by atoms with Crippen LogP contribution in [-0.2, 0) is 0 Å². The molecule has 15 rings (SSSR count). The molecule has 0 aliphatic carbocycles. The maximum Gasteiger partial charge on any atom is 0.252 e. The topological polar surface area (TPSA) is 13.0 Å². The first kappa shape index (κ1) is 47.2. The zero-order chi connectivity index (χ0) is 52.9. The average Bonchev–Trinajstić information content (AvgIpc) is 2.82. The lowest BCUT2D eigenvalue weighted by molar-refractivity contribution is 0.845. The van der Waals surface area contributed by atoms with Gasteiger partial charge in [-0.25, -0.2) is 0 Å². The second kappa shape index (κ2) is 18.9. The molecule has 4 heterocycles. The van der Waals surface area contributed by atoms with Gasteiger partial charge in [-0.2, -0.15) is 0 Å². The highest BCUT2D eigenvalue weighted by Gasteiger charge is 2.47. The second-order valence-electron chi connectivity index (χ2n) is 22.0. The Labute approximate surface area is 468 Å². The third-order valence-electron chi connectivity index (χ3n) is 16.8. The molecule has 7 heteroatoms. The van der Waals surface area contributed by atoms with Crippen LogP contribution in [0.5, 0.6) is 0 Å². The minimum Gasteiger partial charge on any atom is -0.311 e. The molecule has 0 bridgehead atoms. The van der Waals surface area contributed by atoms with Crippen molar-refractivity contribution in [1.82, 2.24) is 0 Å². The van der Waals surface area contributed by atoms with Crippen LogP contribution in [0.4, 0.5) is 68.2 Å². The van der Waals surface area contributed by atoms with Crippen molar-refractivity contribution in [1.29, 1.82) is 0 Å². The molecule has 0 saturated heterocycles. The molecule has 0 N–H and O–H groups in total. The third kappa shape index (κ3) is 7.51. The molecule has 376 valence electrons. The van der Waals surface area contributed by atoms with Gasteiger partial charge in [0.1, 0.15) is 0 Å². The summed E-state index contributed by atoms with van der Waals surface area (Å²) in [5.74, 6) is 0.629. The summed E-state index contributed by atoms with van der Waals surface area (Å²) in [6, 6.07) is 95.5. The monoisotopic (exact) mass is 1030 g/mol. The molecule has 79 heavy (non-hydrogen) atoms. The Morgan fingerprint density at radius 2 is 0.759 bits per heavy atom. The lowest BCUT2D eigenvalue weighted by atomic mass is 9.30. The van der Waals surface area contributed by atoms with Crippen molar-refractivity contribution in [3.05, 3.63) is 266 Å². The van der Waals surface area contributed by atoms with Crippen LogP contribution >= 0.6 is 11.3 Å². The van der Waals surface area contributed by atoms with E-state index in [1.54, 1.807) is 0 Å². The highest BCUT2D eigenvalue weighted by Crippen LogP contribution is 2.50. The van der Waals surface area contributed by atoms with E-state index >= 15 is 0 Å². The molecule has 0 fully saturated rings. The highest BCUT2D eigenvalue weighted by molar-refractivity contribution is 7.26. The molecule has 4 nitrogen and oxygen atoms in total. The van der Waals surface area contributed by atoms with Crippen molar-refractivity contribution in [2.24, 2.45) is 0 Å². The number of nitrogens with zero attached hydrogens (tertiary/aromatic N) is 4. The molecule has 0 unspecified atom stereocenters. The second-order valence-corrected chi connectivity index (χ2v) is 23.1. The number of anilines is 12. The summed E-state index contributed by atoms with van der Waals surface area (Å²) >= 11 is 1.89. The fourth-order valence-electron chi connectivity index (χ4n) is 13.5. The lowest BCUT2D eigenvalue weighted by Crippen LogP contribution is -2.64. The van der Waals surface area contributed by atoms with E-state index in [2.05, 4.69) is 302 Å². The minimum absolute atomic E-state index is 0.0432. The molecule has 0 radical (unpaired) electrons. The predicted octanol–water partition coefficient (Wildman–Crippen LogP) is 16.2. The van der Waals surface area contributed by atoms with Gasteiger partial charge >= 0.3 is 0 Å². The van der Waals surface area contributed by atoms with Crippen LogP contribution in [0, 0.1) is 0 Å². The maximum atomic E-state index is 2.67. The van der Waals surface area contributed by atoms with Gasteiger partial charge in [0.15, 0.2) is 0 Å². The number of benzene rings is 11. The van der Waals surface area contributed by atoms with E-state index in [4.69, 9.17) is 0 Å². The van der Waals surface area contributed by atoms with Crippen molar-refractivity contribution < 1.29 is 0 Å². The predicted molar refractivity (Wildman–Crippen MR) is 342 cm³/mol.